The van der Waals surface area contributed by atoms with E-state index in [1.807, 2.05) is 6.07 Å². The fourth-order valence-electron chi connectivity index (χ4n) is 3.06. The van der Waals surface area contributed by atoms with Crippen LogP contribution in [0.3, 0.4) is 0 Å². The Morgan fingerprint density at radius 1 is 1.22 bits per heavy atom. The second-order valence-corrected chi connectivity index (χ2v) is 10.4. The summed E-state index contributed by atoms with van der Waals surface area (Å²) in [6.07, 6.45) is 2.09. The van der Waals surface area contributed by atoms with Crippen molar-refractivity contribution in [3.8, 4) is 0 Å². The summed E-state index contributed by atoms with van der Waals surface area (Å²) in [4.78, 5) is 12.5. The minimum Gasteiger partial charge on any atom is -0.416 e. The summed E-state index contributed by atoms with van der Waals surface area (Å²) in [5.74, 6) is 0.596. The normalized spacial score (nSPS) is 13.7. The van der Waals surface area contributed by atoms with Crippen LogP contribution in [0.4, 0.5) is 11.4 Å². The first kappa shape index (κ1) is 22.6. The van der Waals surface area contributed by atoms with Gasteiger partial charge >= 0.3 is 0 Å². The number of carbonyl (C=O) groups is 1. The molecule has 8 nitrogen and oxygen atoms in total. The smallest absolute Gasteiger partial charge is 0.277 e. The van der Waals surface area contributed by atoms with Gasteiger partial charge in [-0.3, -0.25) is 9.10 Å². The number of rotatable bonds is 9. The Bertz CT molecular complexity index is 1210. The van der Waals surface area contributed by atoms with Crippen LogP contribution in [0.25, 0.3) is 0 Å². The Morgan fingerprint density at radius 2 is 1.97 bits per heavy atom. The summed E-state index contributed by atoms with van der Waals surface area (Å²) in [5, 5.41) is 11.1. The SMILES string of the molecule is CCN(c1ccccc1)S(=O)(=O)c1ccc(Cl)c(NC(=O)CSc2nnc(C3CC3)o2)c1. The van der Waals surface area contributed by atoms with Crippen LogP contribution in [0.2, 0.25) is 5.02 Å². The Balaban J connectivity index is 1.47. The Morgan fingerprint density at radius 3 is 2.66 bits per heavy atom. The molecule has 32 heavy (non-hydrogen) atoms. The van der Waals surface area contributed by atoms with E-state index in [1.165, 1.54) is 22.5 Å². The van der Waals surface area contributed by atoms with Crippen LogP contribution in [-0.4, -0.2) is 36.8 Å². The number of para-hydroxylation sites is 1. The predicted octanol–water partition coefficient (Wildman–Crippen LogP) is 4.55. The molecule has 168 valence electrons. The summed E-state index contributed by atoms with van der Waals surface area (Å²) < 4.78 is 33.3. The summed E-state index contributed by atoms with van der Waals surface area (Å²) >= 11 is 7.33. The van der Waals surface area contributed by atoms with Crippen molar-refractivity contribution < 1.29 is 17.6 Å². The van der Waals surface area contributed by atoms with E-state index in [4.69, 9.17) is 16.0 Å². The first-order valence-corrected chi connectivity index (χ1v) is 12.8. The van der Waals surface area contributed by atoms with Gasteiger partial charge in [0.2, 0.25) is 11.8 Å². The lowest BCUT2D eigenvalue weighted by Crippen LogP contribution is -2.30. The van der Waals surface area contributed by atoms with Crippen molar-refractivity contribution >= 4 is 50.7 Å². The summed E-state index contributed by atoms with van der Waals surface area (Å²) in [5.41, 5.74) is 0.767. The van der Waals surface area contributed by atoms with Crippen molar-refractivity contribution in [1.82, 2.24) is 10.2 Å². The van der Waals surface area contributed by atoms with Gasteiger partial charge in [0.25, 0.3) is 15.2 Å². The van der Waals surface area contributed by atoms with Gasteiger partial charge in [0, 0.05) is 12.5 Å². The molecule has 0 unspecified atom stereocenters. The lowest BCUT2D eigenvalue weighted by molar-refractivity contribution is -0.113. The second kappa shape index (κ2) is 9.51. The van der Waals surface area contributed by atoms with Crippen molar-refractivity contribution in [3.05, 3.63) is 59.4 Å². The summed E-state index contributed by atoms with van der Waals surface area (Å²) in [7, 11) is -3.85. The number of nitrogens with zero attached hydrogens (tertiary/aromatic N) is 3. The van der Waals surface area contributed by atoms with E-state index in [0.29, 0.717) is 22.7 Å². The zero-order valence-electron chi connectivity index (χ0n) is 17.2. The predicted molar refractivity (Wildman–Crippen MR) is 124 cm³/mol. The lowest BCUT2D eigenvalue weighted by atomic mass is 10.3. The third-order valence-electron chi connectivity index (χ3n) is 4.81. The quantitative estimate of drug-likeness (QED) is 0.437. The highest BCUT2D eigenvalue weighted by Crippen LogP contribution is 2.39. The van der Waals surface area contributed by atoms with Gasteiger partial charge in [-0.15, -0.1) is 10.2 Å². The molecule has 0 bridgehead atoms. The average Bonchev–Trinajstić information content (AvgIpc) is 3.52. The minimum absolute atomic E-state index is 0.0186. The summed E-state index contributed by atoms with van der Waals surface area (Å²) in [6, 6.07) is 13.1. The molecule has 2 aromatic carbocycles. The molecule has 0 spiro atoms. The van der Waals surface area contributed by atoms with Gasteiger partial charge in [0.1, 0.15) is 0 Å². The molecule has 1 amide bonds. The number of hydrogen-bond donors (Lipinski definition) is 1. The Hall–Kier alpha value is -2.56. The van der Waals surface area contributed by atoms with E-state index in [2.05, 4.69) is 15.5 Å². The number of nitrogens with one attached hydrogen (secondary N) is 1. The van der Waals surface area contributed by atoms with Gasteiger partial charge < -0.3 is 9.73 Å². The molecular formula is C21H21ClN4O4S2. The van der Waals surface area contributed by atoms with E-state index in [0.717, 1.165) is 24.6 Å². The number of hydrogen-bond acceptors (Lipinski definition) is 7. The second-order valence-electron chi connectivity index (χ2n) is 7.16. The van der Waals surface area contributed by atoms with E-state index < -0.39 is 10.0 Å². The van der Waals surface area contributed by atoms with Gasteiger partial charge in [-0.25, -0.2) is 8.42 Å². The zero-order valence-corrected chi connectivity index (χ0v) is 19.6. The number of amides is 1. The molecule has 1 saturated carbocycles. The van der Waals surface area contributed by atoms with Crippen LogP contribution in [0, 0.1) is 0 Å². The molecule has 1 aromatic heterocycles. The van der Waals surface area contributed by atoms with E-state index in [9.17, 15) is 13.2 Å². The van der Waals surface area contributed by atoms with Crippen molar-refractivity contribution in [2.45, 2.75) is 35.8 Å². The molecule has 1 aliphatic rings. The molecule has 0 saturated heterocycles. The maximum Gasteiger partial charge on any atom is 0.277 e. The molecule has 4 rings (SSSR count). The largest absolute Gasteiger partial charge is 0.416 e. The van der Waals surface area contributed by atoms with Crippen LogP contribution < -0.4 is 9.62 Å². The van der Waals surface area contributed by atoms with Crippen molar-refractivity contribution in [2.24, 2.45) is 0 Å². The first-order chi connectivity index (χ1) is 15.4. The van der Waals surface area contributed by atoms with E-state index in [1.54, 1.807) is 31.2 Å². The highest BCUT2D eigenvalue weighted by molar-refractivity contribution is 7.99. The maximum atomic E-state index is 13.2. The molecule has 3 aromatic rings. The monoisotopic (exact) mass is 492 g/mol. The van der Waals surface area contributed by atoms with Gasteiger partial charge in [-0.05, 0) is 50.1 Å². The lowest BCUT2D eigenvalue weighted by Gasteiger charge is -2.23. The Kier molecular flexibility index (Phi) is 6.73. The molecule has 1 heterocycles. The number of aromatic nitrogens is 2. The number of halogens is 1. The van der Waals surface area contributed by atoms with Gasteiger partial charge in [-0.2, -0.15) is 0 Å². The highest BCUT2D eigenvalue weighted by atomic mass is 35.5. The molecule has 11 heteroatoms. The third-order valence-corrected chi connectivity index (χ3v) is 7.85. The first-order valence-electron chi connectivity index (χ1n) is 10.0. The van der Waals surface area contributed by atoms with Crippen molar-refractivity contribution in [2.75, 3.05) is 21.9 Å². The van der Waals surface area contributed by atoms with E-state index >= 15 is 0 Å². The highest BCUT2D eigenvalue weighted by Gasteiger charge is 2.29. The molecule has 1 aliphatic carbocycles. The minimum atomic E-state index is -3.85. The number of thioether (sulfide) groups is 1. The molecule has 1 fully saturated rings. The average molecular weight is 493 g/mol. The number of carbonyl (C=O) groups excluding carboxylic acids is 1. The van der Waals surface area contributed by atoms with Crippen LogP contribution in [-0.2, 0) is 14.8 Å². The molecule has 0 atom stereocenters. The standard InChI is InChI=1S/C21H21ClN4O4S2/c1-2-26(15-6-4-3-5-7-15)32(28,29)16-10-11-17(22)18(12-16)23-19(27)13-31-21-25-24-20(30-21)14-8-9-14/h3-7,10-12,14H,2,8-9,13H2,1H3,(H,23,27). The van der Waals surface area contributed by atoms with E-state index in [-0.39, 0.29) is 33.8 Å². The Labute approximate surface area is 195 Å². The molecule has 1 N–H and O–H groups in total. The molecular weight excluding hydrogens is 472 g/mol. The van der Waals surface area contributed by atoms with Gasteiger partial charge in [0.05, 0.1) is 27.0 Å². The molecule has 0 radical (unpaired) electrons. The zero-order chi connectivity index (χ0) is 22.7. The topological polar surface area (TPSA) is 105 Å². The van der Waals surface area contributed by atoms with Crippen molar-refractivity contribution in [3.63, 3.8) is 0 Å². The third kappa shape index (κ3) is 5.08. The number of anilines is 2. The van der Waals surface area contributed by atoms with Gasteiger partial charge in [-0.1, -0.05) is 41.6 Å². The fourth-order valence-corrected chi connectivity index (χ4v) is 5.30. The van der Waals surface area contributed by atoms with Crippen LogP contribution in [0.5, 0.6) is 0 Å². The van der Waals surface area contributed by atoms with Crippen LogP contribution in [0.1, 0.15) is 31.6 Å². The number of sulfonamides is 1. The molecule has 0 aliphatic heterocycles. The van der Waals surface area contributed by atoms with Crippen molar-refractivity contribution in [1.29, 1.82) is 0 Å². The fraction of sp³-hybridized carbons (Fsp3) is 0.286. The number of benzene rings is 2. The van der Waals surface area contributed by atoms with Crippen LogP contribution in [0.15, 0.2) is 63.1 Å². The summed E-state index contributed by atoms with van der Waals surface area (Å²) in [6.45, 7) is 2.01. The maximum absolute atomic E-state index is 13.2. The van der Waals surface area contributed by atoms with Gasteiger partial charge in [0.15, 0.2) is 0 Å². The van der Waals surface area contributed by atoms with Crippen LogP contribution >= 0.6 is 23.4 Å².